The van der Waals surface area contributed by atoms with Crippen molar-refractivity contribution in [2.24, 2.45) is 0 Å². The average molecular weight is 697 g/mol. The van der Waals surface area contributed by atoms with E-state index < -0.39 is 0 Å². The van der Waals surface area contributed by atoms with Crippen LogP contribution in [0.3, 0.4) is 0 Å². The molecule has 0 aliphatic heterocycles. The Hall–Kier alpha value is -7.37. The fourth-order valence-corrected chi connectivity index (χ4v) is 7.56. The highest BCUT2D eigenvalue weighted by Crippen LogP contribution is 2.41. The summed E-state index contributed by atoms with van der Waals surface area (Å²) in [4.78, 5) is 15.5. The first-order valence-corrected chi connectivity index (χ1v) is 17.6. The van der Waals surface area contributed by atoms with Gasteiger partial charge in [-0.3, -0.25) is 0 Å². The van der Waals surface area contributed by atoms with Gasteiger partial charge in [-0.1, -0.05) is 152 Å². The molecule has 0 saturated carbocycles. The number of fused-ring (bicyclic) bond motifs is 7. The summed E-state index contributed by atoms with van der Waals surface area (Å²) in [6.07, 6.45) is 0. The van der Waals surface area contributed by atoms with Gasteiger partial charge in [-0.2, -0.15) is 0 Å². The van der Waals surface area contributed by atoms with Crippen molar-refractivity contribution in [1.29, 1.82) is 0 Å². The number of rotatable bonds is 5. The van der Waals surface area contributed by atoms with Gasteiger partial charge in [0.05, 0.1) is 24.9 Å². The monoisotopic (exact) mass is 696 g/mol. The van der Waals surface area contributed by atoms with Crippen LogP contribution in [-0.2, 0) is 0 Å². The summed E-state index contributed by atoms with van der Waals surface area (Å²) < 4.78 is 61.9. The lowest BCUT2D eigenvalue weighted by Gasteiger charge is -2.16. The van der Waals surface area contributed by atoms with E-state index >= 15 is 0 Å². The third kappa shape index (κ3) is 4.76. The maximum atomic E-state index is 9.24. The van der Waals surface area contributed by atoms with Crippen molar-refractivity contribution in [3.8, 4) is 51.0 Å². The summed E-state index contributed by atoms with van der Waals surface area (Å²) in [5.74, 6) is 1.18. The molecule has 54 heavy (non-hydrogen) atoms. The van der Waals surface area contributed by atoms with E-state index in [9.17, 15) is 2.74 Å². The van der Waals surface area contributed by atoms with Crippen molar-refractivity contribution in [1.82, 2.24) is 19.5 Å². The summed E-state index contributed by atoms with van der Waals surface area (Å²) >= 11 is 0. The number of hydrogen-bond donors (Lipinski definition) is 0. The van der Waals surface area contributed by atoms with Crippen LogP contribution < -0.4 is 0 Å². The van der Waals surface area contributed by atoms with Crippen LogP contribution in [0.4, 0.5) is 0 Å². The van der Waals surface area contributed by atoms with Gasteiger partial charge in [-0.05, 0) is 46.6 Å². The molecule has 252 valence electrons. The normalized spacial score (nSPS) is 13.3. The van der Waals surface area contributed by atoms with Crippen LogP contribution in [0.15, 0.2) is 186 Å². The van der Waals surface area contributed by atoms with Gasteiger partial charge in [0.25, 0.3) is 0 Å². The number of para-hydroxylation sites is 4. The molecule has 3 heterocycles. The maximum Gasteiger partial charge on any atom is 0.166 e. The Morgan fingerprint density at radius 3 is 1.89 bits per heavy atom. The van der Waals surface area contributed by atoms with Crippen LogP contribution in [0.25, 0.3) is 105 Å². The molecule has 0 atom stereocenters. The van der Waals surface area contributed by atoms with E-state index in [4.69, 9.17) is 24.9 Å². The molecule has 0 radical (unpaired) electrons. The van der Waals surface area contributed by atoms with Crippen LogP contribution >= 0.6 is 0 Å². The number of hydrogen-bond acceptors (Lipinski definition) is 4. The second-order valence-corrected chi connectivity index (χ2v) is 13.1. The molecule has 0 aliphatic carbocycles. The zero-order valence-corrected chi connectivity index (χ0v) is 28.6. The Morgan fingerprint density at radius 2 is 1.07 bits per heavy atom. The second-order valence-electron chi connectivity index (χ2n) is 13.1. The molecule has 5 nitrogen and oxygen atoms in total. The van der Waals surface area contributed by atoms with Crippen molar-refractivity contribution < 1.29 is 12.6 Å². The molecule has 11 aromatic rings. The first kappa shape index (κ1) is 24.8. The molecule has 0 bridgehead atoms. The Bertz CT molecular complexity index is 3510. The van der Waals surface area contributed by atoms with Crippen molar-refractivity contribution in [3.63, 3.8) is 0 Å². The van der Waals surface area contributed by atoms with E-state index in [0.717, 1.165) is 49.4 Å². The summed E-state index contributed by atoms with van der Waals surface area (Å²) in [6.45, 7) is 0. The third-order valence-corrected chi connectivity index (χ3v) is 10.0. The molecular weight excluding hydrogens is 661 g/mol. The van der Waals surface area contributed by atoms with E-state index in [1.54, 1.807) is 4.57 Å². The molecule has 0 spiro atoms. The molecule has 0 unspecified atom stereocenters. The van der Waals surface area contributed by atoms with Gasteiger partial charge < -0.3 is 8.98 Å². The van der Waals surface area contributed by atoms with E-state index in [1.807, 2.05) is 133 Å². The SMILES string of the molecule is [2H]c1cc([2H])c2c(c1[2H])c1c([2H])c([2H])cc([2H])c1n2-c1ccc(-c2cccc3c2oc2ccccc23)cc1-c1nc(-c2ccccc2)nc(-c2cccc3ccccc23)n1. The molecule has 5 heteroatoms. The van der Waals surface area contributed by atoms with Crippen LogP contribution in [0, 0.1) is 0 Å². The summed E-state index contributed by atoms with van der Waals surface area (Å²) in [5, 5.41) is 4.26. The fourth-order valence-electron chi connectivity index (χ4n) is 7.56. The number of furan rings is 1. The summed E-state index contributed by atoms with van der Waals surface area (Å²) in [6, 6.07) is 45.2. The van der Waals surface area contributed by atoms with E-state index in [1.165, 1.54) is 12.1 Å². The number of benzene rings is 8. The molecule has 3 aromatic heterocycles. The van der Waals surface area contributed by atoms with Gasteiger partial charge in [0.2, 0.25) is 0 Å². The predicted octanol–water partition coefficient (Wildman–Crippen LogP) is 12.7. The minimum absolute atomic E-state index is 0.0633. The Labute approximate surface area is 318 Å². The number of aromatic nitrogens is 4. The first-order valence-electron chi connectivity index (χ1n) is 20.6. The standard InChI is InChI=1S/C49H30N4O/c1-2-15-32(16-3-1)47-50-48(40-24-12-17-31-14-4-5-18-34(31)40)52-49(51-47)41-30-33(35-22-13-23-39-38-21-8-11-27-45(38)54-46(35)39)28-29-44(41)53-42-25-9-6-19-36(42)37-20-7-10-26-43(37)53/h1-30H/i6D,7D,19D,20D,25D,26D. The van der Waals surface area contributed by atoms with E-state index in [2.05, 4.69) is 0 Å². The van der Waals surface area contributed by atoms with Crippen molar-refractivity contribution in [2.45, 2.75) is 0 Å². The summed E-state index contributed by atoms with van der Waals surface area (Å²) in [7, 11) is 0. The van der Waals surface area contributed by atoms with Crippen LogP contribution in [0.2, 0.25) is 0 Å². The van der Waals surface area contributed by atoms with Gasteiger partial charge in [-0.25, -0.2) is 15.0 Å². The predicted molar refractivity (Wildman–Crippen MR) is 221 cm³/mol. The van der Waals surface area contributed by atoms with Gasteiger partial charge in [0.15, 0.2) is 17.5 Å². The van der Waals surface area contributed by atoms with E-state index in [0.29, 0.717) is 34.3 Å². The first-order chi connectivity index (χ1) is 29.2. The Balaban J connectivity index is 1.29. The van der Waals surface area contributed by atoms with Gasteiger partial charge in [-0.15, -0.1) is 0 Å². The topological polar surface area (TPSA) is 56.7 Å². The van der Waals surface area contributed by atoms with Gasteiger partial charge >= 0.3 is 0 Å². The smallest absolute Gasteiger partial charge is 0.166 e. The lowest BCUT2D eigenvalue weighted by atomic mass is 9.98. The zero-order chi connectivity index (χ0) is 40.8. The van der Waals surface area contributed by atoms with Crippen LogP contribution in [-0.4, -0.2) is 19.5 Å². The Kier molecular flexibility index (Phi) is 5.55. The van der Waals surface area contributed by atoms with Crippen molar-refractivity contribution in [3.05, 3.63) is 182 Å². The maximum absolute atomic E-state index is 9.24. The fraction of sp³-hybridized carbons (Fsp3) is 0. The van der Waals surface area contributed by atoms with Crippen LogP contribution in [0.1, 0.15) is 8.22 Å². The lowest BCUT2D eigenvalue weighted by Crippen LogP contribution is -2.04. The third-order valence-electron chi connectivity index (χ3n) is 10.0. The highest BCUT2D eigenvalue weighted by Gasteiger charge is 2.22. The zero-order valence-electron chi connectivity index (χ0n) is 34.6. The molecule has 0 aliphatic rings. The molecule has 11 rings (SSSR count). The number of nitrogens with zero attached hydrogens (tertiary/aromatic N) is 4. The average Bonchev–Trinajstić information content (AvgIpc) is 3.85. The molecule has 8 aromatic carbocycles. The minimum Gasteiger partial charge on any atom is -0.455 e. The van der Waals surface area contributed by atoms with Crippen LogP contribution in [0.5, 0.6) is 0 Å². The minimum atomic E-state index is -0.192. The van der Waals surface area contributed by atoms with Crippen molar-refractivity contribution >= 4 is 54.5 Å². The largest absolute Gasteiger partial charge is 0.455 e. The van der Waals surface area contributed by atoms with E-state index in [-0.39, 0.29) is 58.1 Å². The summed E-state index contributed by atoms with van der Waals surface area (Å²) in [5.41, 5.74) is 6.12. The van der Waals surface area contributed by atoms with Gasteiger partial charge in [0, 0.05) is 43.8 Å². The second kappa shape index (κ2) is 12.1. The molecule has 0 saturated heterocycles. The Morgan fingerprint density at radius 1 is 0.444 bits per heavy atom. The highest BCUT2D eigenvalue weighted by molar-refractivity contribution is 6.11. The molecule has 0 N–H and O–H groups in total. The van der Waals surface area contributed by atoms with Gasteiger partial charge in [0.1, 0.15) is 11.2 Å². The lowest BCUT2D eigenvalue weighted by molar-refractivity contribution is 0.670. The molecule has 0 amide bonds. The van der Waals surface area contributed by atoms with Crippen molar-refractivity contribution in [2.75, 3.05) is 0 Å². The quantitative estimate of drug-likeness (QED) is 0.180. The molecule has 0 fully saturated rings. The highest BCUT2D eigenvalue weighted by atomic mass is 16.3. The molecular formula is C49H30N4O.